The Labute approximate surface area is 617 Å². The van der Waals surface area contributed by atoms with E-state index in [1.807, 2.05) is 133 Å². The molecule has 0 aliphatic carbocycles. The van der Waals surface area contributed by atoms with Gasteiger partial charge in [0.25, 0.3) is 0 Å². The molecule has 0 atom stereocenters. The third-order valence-electron chi connectivity index (χ3n) is 18.4. The summed E-state index contributed by atoms with van der Waals surface area (Å²) in [5, 5.41) is 28.0. The highest BCUT2D eigenvalue weighted by molar-refractivity contribution is 6.58. The van der Waals surface area contributed by atoms with Gasteiger partial charge in [-0.1, -0.05) is 279 Å². The van der Waals surface area contributed by atoms with Gasteiger partial charge in [-0.05, 0) is 202 Å². The summed E-state index contributed by atoms with van der Waals surface area (Å²) in [6, 6.07) is 124. The van der Waals surface area contributed by atoms with Gasteiger partial charge in [-0.15, -0.1) is 0 Å². The standard InChI is InChI=1S/C68H46N6.C26H21B2O4/c1-3-15-53(16-4-1)67(55-35-31-49(32-36-55)47-23-27-51(28-24-47)57-43-63(59-19-7-11-39-69-59)73-64(44-57)60-20-8-12-40-70-60)68(54-17-5-2-6-18-54)56-37-33-50(34-38-56)48-25-29-52(30-26-48)58-45-65(61-21-9-13-41-71-61)74-66(46-58)62-22-10-14-42-72-62;29-27-32-24-17-13-22(14-18-24)26(20-9-5-2-6-10-20)25(19-7-3-1-4-8-19)21-11-15-23(16-12-21)28(30)31/h1-46H;1-18,29-31H/b68-67+;26-25+. The summed E-state index contributed by atoms with van der Waals surface area (Å²) >= 11 is 0. The summed E-state index contributed by atoms with van der Waals surface area (Å²) < 4.78 is 5.08. The minimum Gasteiger partial charge on any atom is -0.537 e. The average Bonchev–Trinajstić information content (AvgIpc) is 0.783. The van der Waals surface area contributed by atoms with Gasteiger partial charge in [0.15, 0.2) is 0 Å². The molecule has 0 aliphatic rings. The van der Waals surface area contributed by atoms with Crippen molar-refractivity contribution in [2.45, 2.75) is 0 Å². The molecule has 0 bridgehead atoms. The summed E-state index contributed by atoms with van der Waals surface area (Å²) in [5.41, 5.74) is 28.6. The van der Waals surface area contributed by atoms with E-state index in [0.29, 0.717) is 18.9 Å². The Bertz CT molecular complexity index is 5270. The van der Waals surface area contributed by atoms with E-state index in [1.54, 1.807) is 49.1 Å². The number of pyridine rings is 6. The van der Waals surface area contributed by atoms with Crippen molar-refractivity contribution < 1.29 is 19.7 Å². The quantitative estimate of drug-likeness (QED) is 0.0528. The zero-order chi connectivity index (χ0) is 71.8. The molecule has 0 saturated carbocycles. The van der Waals surface area contributed by atoms with Crippen LogP contribution in [0.3, 0.4) is 0 Å². The Morgan fingerprint density at radius 2 is 0.462 bits per heavy atom. The molecule has 6 aromatic heterocycles. The average molecular weight is 1370 g/mol. The van der Waals surface area contributed by atoms with E-state index in [4.69, 9.17) is 19.6 Å². The van der Waals surface area contributed by atoms with Crippen molar-refractivity contribution in [1.29, 1.82) is 0 Å². The molecule has 6 heterocycles. The second-order valence-electron chi connectivity index (χ2n) is 25.1. The first-order chi connectivity index (χ1) is 52.3. The molecule has 106 heavy (non-hydrogen) atoms. The largest absolute Gasteiger partial charge is 0.569 e. The first kappa shape index (κ1) is 68.2. The molecular weight excluding hydrogens is 1300 g/mol. The molecule has 0 spiro atoms. The highest BCUT2D eigenvalue weighted by Gasteiger charge is 2.21. The molecule has 0 saturated heterocycles. The predicted octanol–water partition coefficient (Wildman–Crippen LogP) is 19.7. The van der Waals surface area contributed by atoms with Gasteiger partial charge in [-0.25, -0.2) is 9.97 Å². The Morgan fingerprint density at radius 1 is 0.236 bits per heavy atom. The SMILES string of the molecule is O[B]Oc1ccc(/C(=C(\c2ccccc2)c2ccc(B(O)O)cc2)c2ccccc2)cc1.c1ccc(/C(=C(/c2ccccc2)c2ccc(-c3ccc(-c4cc(-c5ccccn5)nc(-c5ccccn5)c4)cc3)cc2)c2ccc(-c3ccc(-c4cc(-c5ccccn5)nc(-c5ccccn5)c4)cc3)cc2)cc1. The first-order valence-electron chi connectivity index (χ1n) is 34.9. The summed E-state index contributed by atoms with van der Waals surface area (Å²) in [6.45, 7) is 0. The lowest BCUT2D eigenvalue weighted by atomic mass is 9.78. The number of hydrogen-bond acceptors (Lipinski definition) is 10. The van der Waals surface area contributed by atoms with Crippen molar-refractivity contribution in [3.8, 4) is 95.8 Å². The first-order valence-corrected chi connectivity index (χ1v) is 34.9. The van der Waals surface area contributed by atoms with Gasteiger partial charge in [-0.3, -0.25) is 19.9 Å². The molecule has 0 unspecified atom stereocenters. The smallest absolute Gasteiger partial charge is 0.537 e. The molecule has 10 nitrogen and oxygen atoms in total. The van der Waals surface area contributed by atoms with Crippen LogP contribution < -0.4 is 10.1 Å². The molecule has 0 aliphatic heterocycles. The van der Waals surface area contributed by atoms with E-state index in [1.165, 1.54) is 0 Å². The fraction of sp³-hybridized carbons (Fsp3) is 0. The van der Waals surface area contributed by atoms with E-state index in [2.05, 4.69) is 226 Å². The lowest BCUT2D eigenvalue weighted by Gasteiger charge is -2.19. The monoisotopic (exact) mass is 1370 g/mol. The minimum absolute atomic E-state index is 0.434. The van der Waals surface area contributed by atoms with Gasteiger partial charge in [0.05, 0.1) is 45.6 Å². The van der Waals surface area contributed by atoms with Crippen LogP contribution in [0.15, 0.2) is 389 Å². The molecule has 10 aromatic carbocycles. The number of nitrogens with zero attached hydrogens (tertiary/aromatic N) is 6. The molecule has 3 N–H and O–H groups in total. The zero-order valence-electron chi connectivity index (χ0n) is 57.5. The third kappa shape index (κ3) is 15.9. The zero-order valence-corrected chi connectivity index (χ0v) is 57.5. The lowest BCUT2D eigenvalue weighted by molar-refractivity contribution is 0.425. The minimum atomic E-state index is -1.52. The number of hydrogen-bond donors (Lipinski definition) is 3. The molecule has 0 fully saturated rings. The second kappa shape index (κ2) is 32.6. The van der Waals surface area contributed by atoms with Crippen LogP contribution in [-0.4, -0.2) is 59.8 Å². The van der Waals surface area contributed by atoms with Crippen molar-refractivity contribution in [3.63, 3.8) is 0 Å². The Morgan fingerprint density at radius 3 is 0.708 bits per heavy atom. The van der Waals surface area contributed by atoms with Crippen molar-refractivity contribution in [3.05, 3.63) is 433 Å². The van der Waals surface area contributed by atoms with Gasteiger partial charge >= 0.3 is 14.8 Å². The van der Waals surface area contributed by atoms with Gasteiger partial charge in [-0.2, -0.15) is 0 Å². The van der Waals surface area contributed by atoms with Crippen LogP contribution >= 0.6 is 0 Å². The van der Waals surface area contributed by atoms with Crippen molar-refractivity contribution in [2.75, 3.05) is 0 Å². The van der Waals surface area contributed by atoms with Crippen molar-refractivity contribution in [1.82, 2.24) is 29.9 Å². The van der Waals surface area contributed by atoms with Crippen LogP contribution in [0.4, 0.5) is 0 Å². The van der Waals surface area contributed by atoms with E-state index in [9.17, 15) is 10.0 Å². The van der Waals surface area contributed by atoms with E-state index < -0.39 is 7.12 Å². The molecule has 12 heteroatoms. The fourth-order valence-corrected chi connectivity index (χ4v) is 13.2. The maximum atomic E-state index is 9.52. The highest BCUT2D eigenvalue weighted by atomic mass is 16.5. The molecule has 16 rings (SSSR count). The fourth-order valence-electron chi connectivity index (χ4n) is 13.2. The van der Waals surface area contributed by atoms with Crippen LogP contribution in [0.2, 0.25) is 0 Å². The Balaban J connectivity index is 0.000000235. The lowest BCUT2D eigenvalue weighted by Crippen LogP contribution is -2.29. The summed E-state index contributed by atoms with van der Waals surface area (Å²) in [4.78, 5) is 28.4. The van der Waals surface area contributed by atoms with Crippen LogP contribution in [0.25, 0.3) is 112 Å². The van der Waals surface area contributed by atoms with Crippen LogP contribution in [0, 0.1) is 0 Å². The van der Waals surface area contributed by atoms with Crippen molar-refractivity contribution in [2.24, 2.45) is 0 Å². The van der Waals surface area contributed by atoms with E-state index >= 15 is 0 Å². The number of benzene rings is 10. The molecule has 0 amide bonds. The van der Waals surface area contributed by atoms with E-state index in [-0.39, 0.29) is 0 Å². The molecule has 16 aromatic rings. The molecule has 1 radical (unpaired) electrons. The topological polar surface area (TPSA) is 147 Å². The summed E-state index contributed by atoms with van der Waals surface area (Å²) in [7, 11) is -0.854. The number of rotatable bonds is 19. The summed E-state index contributed by atoms with van der Waals surface area (Å²) in [6.07, 6.45) is 7.20. The Hall–Kier alpha value is -13.6. The van der Waals surface area contributed by atoms with Gasteiger partial charge in [0, 0.05) is 24.8 Å². The normalized spacial score (nSPS) is 11.5. The van der Waals surface area contributed by atoms with Crippen molar-refractivity contribution >= 4 is 42.6 Å². The van der Waals surface area contributed by atoms with Crippen LogP contribution in [0.1, 0.15) is 44.5 Å². The van der Waals surface area contributed by atoms with E-state index in [0.717, 1.165) is 157 Å². The Kier molecular flexibility index (Phi) is 21.0. The van der Waals surface area contributed by atoms with Gasteiger partial charge < -0.3 is 19.7 Å². The molecule has 503 valence electrons. The van der Waals surface area contributed by atoms with Crippen LogP contribution in [0.5, 0.6) is 5.75 Å². The van der Waals surface area contributed by atoms with Gasteiger partial charge in [0.1, 0.15) is 5.75 Å². The maximum Gasteiger partial charge on any atom is 0.569 e. The molecular formula is C94H67B2N6O4. The van der Waals surface area contributed by atoms with Crippen LogP contribution in [-0.2, 0) is 0 Å². The van der Waals surface area contributed by atoms with Gasteiger partial charge in [0.2, 0.25) is 0 Å². The highest BCUT2D eigenvalue weighted by Crippen LogP contribution is 2.41. The summed E-state index contributed by atoms with van der Waals surface area (Å²) in [5.74, 6) is 0.534. The third-order valence-corrected chi connectivity index (χ3v) is 18.4. The maximum absolute atomic E-state index is 9.52. The number of aromatic nitrogens is 6. The predicted molar refractivity (Wildman–Crippen MR) is 430 cm³/mol. The second-order valence-corrected chi connectivity index (χ2v) is 25.1.